The highest BCUT2D eigenvalue weighted by Gasteiger charge is 2.64. The lowest BCUT2D eigenvalue weighted by Crippen LogP contribution is -2.65. The first kappa shape index (κ1) is 28.1. The number of fused-ring (bicyclic) bond motifs is 3. The number of aromatic hydroxyl groups is 1. The molecule has 1 aliphatic heterocycles. The van der Waals surface area contributed by atoms with E-state index in [0.717, 1.165) is 44.0 Å². The number of carbonyl (C=O) groups excluding carboxylic acids is 3. The maximum atomic E-state index is 13.9. The molecule has 0 aromatic heterocycles. The SMILES string of the molecule is CC1CCN(C/C=C/c2ccc(O)c3c2C[C@H]2C[C@H]4[C@H](N(C)C)C(=O)C(C(N)=O)=C(O)[C@@]4(O)C(=O)C2=C3O)CC1. The molecule has 0 spiro atoms. The molecule has 6 N–H and O–H groups in total. The van der Waals surface area contributed by atoms with Crippen LogP contribution in [0.1, 0.15) is 42.9 Å². The molecule has 5 rings (SSSR count). The van der Waals surface area contributed by atoms with Crippen molar-refractivity contribution < 1.29 is 34.8 Å². The third-order valence-corrected chi connectivity index (χ3v) is 9.18. The van der Waals surface area contributed by atoms with E-state index in [1.165, 1.54) is 11.0 Å². The van der Waals surface area contributed by atoms with Crippen molar-refractivity contribution in [2.24, 2.45) is 23.5 Å². The molecule has 4 atom stereocenters. The van der Waals surface area contributed by atoms with Crippen LogP contribution in [0.25, 0.3) is 11.8 Å². The van der Waals surface area contributed by atoms with E-state index in [0.29, 0.717) is 5.56 Å². The number of nitrogens with zero attached hydrogens (tertiary/aromatic N) is 2. The van der Waals surface area contributed by atoms with Crippen LogP contribution in [0, 0.1) is 17.8 Å². The summed E-state index contributed by atoms with van der Waals surface area (Å²) in [5.41, 5.74) is 3.32. The number of ketones is 2. The van der Waals surface area contributed by atoms with E-state index in [4.69, 9.17) is 5.73 Å². The van der Waals surface area contributed by atoms with Crippen molar-refractivity contribution in [2.45, 2.75) is 44.2 Å². The van der Waals surface area contributed by atoms with Crippen LogP contribution in [0.4, 0.5) is 0 Å². The van der Waals surface area contributed by atoms with Crippen molar-refractivity contribution in [3.05, 3.63) is 51.8 Å². The number of Topliss-reactive ketones (excluding diaryl/α,β-unsaturated/α-hetero) is 2. The number of amides is 1. The van der Waals surface area contributed by atoms with E-state index in [1.807, 2.05) is 6.08 Å². The van der Waals surface area contributed by atoms with E-state index >= 15 is 0 Å². The first-order valence-electron chi connectivity index (χ1n) is 13.8. The van der Waals surface area contributed by atoms with Gasteiger partial charge in [0, 0.05) is 18.0 Å². The summed E-state index contributed by atoms with van der Waals surface area (Å²) >= 11 is 0. The summed E-state index contributed by atoms with van der Waals surface area (Å²) in [6.07, 6.45) is 6.67. The molecule has 0 unspecified atom stereocenters. The van der Waals surface area contributed by atoms with Crippen LogP contribution in [0.3, 0.4) is 0 Å². The molecule has 2 fully saturated rings. The normalized spacial score (nSPS) is 29.7. The zero-order valence-electron chi connectivity index (χ0n) is 23.1. The fourth-order valence-corrected chi connectivity index (χ4v) is 7.00. The van der Waals surface area contributed by atoms with Gasteiger partial charge in [-0.3, -0.25) is 24.2 Å². The molecule has 3 aliphatic carbocycles. The van der Waals surface area contributed by atoms with Crippen LogP contribution in [-0.4, -0.2) is 93.1 Å². The average molecular weight is 552 g/mol. The van der Waals surface area contributed by atoms with E-state index in [-0.39, 0.29) is 29.7 Å². The molecule has 1 saturated carbocycles. The number of aliphatic hydroxyl groups excluding tert-OH is 2. The monoisotopic (exact) mass is 551 g/mol. The quantitative estimate of drug-likeness (QED) is 0.343. The predicted octanol–water partition coefficient (Wildman–Crippen LogP) is 1.71. The lowest BCUT2D eigenvalue weighted by molar-refractivity contribution is -0.153. The Bertz CT molecular complexity index is 1370. The fraction of sp³-hybridized carbons (Fsp3) is 0.500. The maximum absolute atomic E-state index is 13.9. The summed E-state index contributed by atoms with van der Waals surface area (Å²) in [6.45, 7) is 5.10. The maximum Gasteiger partial charge on any atom is 0.255 e. The number of nitrogens with two attached hydrogens (primary N) is 1. The highest BCUT2D eigenvalue weighted by molar-refractivity contribution is 6.24. The minimum Gasteiger partial charge on any atom is -0.508 e. The number of piperidine rings is 1. The summed E-state index contributed by atoms with van der Waals surface area (Å²) in [7, 11) is 3.16. The van der Waals surface area contributed by atoms with Crippen molar-refractivity contribution in [3.8, 4) is 5.75 Å². The van der Waals surface area contributed by atoms with Crippen molar-refractivity contribution in [2.75, 3.05) is 33.7 Å². The summed E-state index contributed by atoms with van der Waals surface area (Å²) in [6, 6.07) is 2.11. The van der Waals surface area contributed by atoms with E-state index in [2.05, 4.69) is 17.9 Å². The zero-order chi connectivity index (χ0) is 29.1. The second-order valence-electron chi connectivity index (χ2n) is 11.9. The molecule has 1 aromatic carbocycles. The van der Waals surface area contributed by atoms with E-state index in [9.17, 15) is 34.8 Å². The van der Waals surface area contributed by atoms with Gasteiger partial charge in [-0.1, -0.05) is 25.1 Å². The summed E-state index contributed by atoms with van der Waals surface area (Å²) in [4.78, 5) is 43.1. The topological polar surface area (TPSA) is 165 Å². The molecule has 0 bridgehead atoms. The van der Waals surface area contributed by atoms with Crippen LogP contribution in [0.15, 0.2) is 35.1 Å². The van der Waals surface area contributed by atoms with Gasteiger partial charge in [0.25, 0.3) is 5.91 Å². The molecule has 1 saturated heterocycles. The summed E-state index contributed by atoms with van der Waals surface area (Å²) in [5.74, 6) is -5.77. The molecule has 1 aromatic rings. The molecule has 10 nitrogen and oxygen atoms in total. The number of phenols is 1. The first-order chi connectivity index (χ1) is 18.9. The van der Waals surface area contributed by atoms with Gasteiger partial charge in [-0.15, -0.1) is 0 Å². The molecule has 40 heavy (non-hydrogen) atoms. The molecule has 1 amide bonds. The number of rotatable bonds is 5. The molecule has 0 radical (unpaired) electrons. The number of likely N-dealkylation sites (tertiary alicyclic amines) is 1. The highest BCUT2D eigenvalue weighted by Crippen LogP contribution is 2.53. The van der Waals surface area contributed by atoms with Crippen LogP contribution in [0.2, 0.25) is 0 Å². The highest BCUT2D eigenvalue weighted by atomic mass is 16.3. The Morgan fingerprint density at radius 3 is 2.48 bits per heavy atom. The lowest BCUT2D eigenvalue weighted by atomic mass is 9.57. The fourth-order valence-electron chi connectivity index (χ4n) is 7.00. The molecular formula is C30H37N3O7. The minimum atomic E-state index is -2.64. The Hall–Kier alpha value is -3.47. The zero-order valence-corrected chi connectivity index (χ0v) is 23.1. The van der Waals surface area contributed by atoms with Crippen LogP contribution >= 0.6 is 0 Å². The number of aliphatic hydroxyl groups is 3. The van der Waals surface area contributed by atoms with Gasteiger partial charge >= 0.3 is 0 Å². The largest absolute Gasteiger partial charge is 0.508 e. The van der Waals surface area contributed by atoms with Gasteiger partial charge in [-0.05, 0) is 81.9 Å². The van der Waals surface area contributed by atoms with E-state index < -0.39 is 58.0 Å². The smallest absolute Gasteiger partial charge is 0.255 e. The number of hydrogen-bond acceptors (Lipinski definition) is 9. The van der Waals surface area contributed by atoms with Gasteiger partial charge in [-0.2, -0.15) is 0 Å². The number of likely N-dealkylation sites (N-methyl/N-ethyl adjacent to an activating group) is 1. The Morgan fingerprint density at radius 2 is 1.85 bits per heavy atom. The molecule has 4 aliphatic rings. The van der Waals surface area contributed by atoms with Gasteiger partial charge in [0.2, 0.25) is 5.78 Å². The van der Waals surface area contributed by atoms with Gasteiger partial charge < -0.3 is 26.2 Å². The molecular weight excluding hydrogens is 514 g/mol. The van der Waals surface area contributed by atoms with Crippen LogP contribution in [-0.2, 0) is 20.8 Å². The Balaban J connectivity index is 1.56. The number of carbonyl (C=O) groups is 3. The minimum absolute atomic E-state index is 0.0660. The van der Waals surface area contributed by atoms with E-state index in [1.54, 1.807) is 20.2 Å². The second-order valence-corrected chi connectivity index (χ2v) is 11.9. The second kappa shape index (κ2) is 10.2. The predicted molar refractivity (Wildman–Crippen MR) is 148 cm³/mol. The van der Waals surface area contributed by atoms with Crippen molar-refractivity contribution in [3.63, 3.8) is 0 Å². The molecule has 1 heterocycles. The Labute approximate surface area is 233 Å². The van der Waals surface area contributed by atoms with Gasteiger partial charge in [0.15, 0.2) is 11.4 Å². The van der Waals surface area contributed by atoms with Gasteiger partial charge in [-0.25, -0.2) is 0 Å². The first-order valence-corrected chi connectivity index (χ1v) is 13.8. The van der Waals surface area contributed by atoms with Crippen LogP contribution < -0.4 is 5.73 Å². The average Bonchev–Trinajstić information content (AvgIpc) is 2.88. The molecule has 10 heteroatoms. The van der Waals surface area contributed by atoms with Crippen molar-refractivity contribution >= 4 is 29.3 Å². The third kappa shape index (κ3) is 4.25. The number of phenolic OH excluding ortho intramolecular Hbond substituents is 1. The molecule has 214 valence electrons. The standard InChI is InChI=1S/C30H37N3O7/c1-15-8-11-33(12-9-15)10-4-5-16-6-7-20(34)22-18(16)13-17-14-19-24(32(2)3)26(36)23(29(31)39)28(38)30(19,40)27(37)21(17)25(22)35/h4-7,15,17,19,24,34-35,38,40H,8-14H2,1-3H3,(H2,31,39)/b5-4+/t17-,19-,24-,30-/m0/s1. The van der Waals surface area contributed by atoms with Crippen molar-refractivity contribution in [1.82, 2.24) is 9.80 Å². The Kier molecular flexibility index (Phi) is 7.14. The number of benzene rings is 1. The van der Waals surface area contributed by atoms with Crippen molar-refractivity contribution in [1.29, 1.82) is 0 Å². The summed E-state index contributed by atoms with van der Waals surface area (Å²) < 4.78 is 0. The van der Waals surface area contributed by atoms with Crippen LogP contribution in [0.5, 0.6) is 5.75 Å². The van der Waals surface area contributed by atoms with Gasteiger partial charge in [0.05, 0.1) is 11.6 Å². The third-order valence-electron chi connectivity index (χ3n) is 9.18. The Morgan fingerprint density at radius 1 is 1.18 bits per heavy atom. The number of hydrogen-bond donors (Lipinski definition) is 5. The number of primary amides is 1. The summed E-state index contributed by atoms with van der Waals surface area (Å²) in [5, 5.41) is 44.7. The van der Waals surface area contributed by atoms with Gasteiger partial charge in [0.1, 0.15) is 22.8 Å². The lowest BCUT2D eigenvalue weighted by Gasteiger charge is -2.50.